The van der Waals surface area contributed by atoms with E-state index in [1.54, 1.807) is 0 Å². The fraction of sp³-hybridized carbons (Fsp3) is 0.650. The molecular formula is C20H32N2O. The Hall–Kier alpha value is -1.51. The van der Waals surface area contributed by atoms with E-state index in [4.69, 9.17) is 0 Å². The van der Waals surface area contributed by atoms with Gasteiger partial charge in [-0.05, 0) is 36.8 Å². The fourth-order valence-electron chi connectivity index (χ4n) is 3.63. The van der Waals surface area contributed by atoms with Gasteiger partial charge in [-0.2, -0.15) is 0 Å². The number of benzene rings is 1. The van der Waals surface area contributed by atoms with Crippen LogP contribution < -0.4 is 4.90 Å². The van der Waals surface area contributed by atoms with Crippen LogP contribution in [0, 0.1) is 12.8 Å². The SMILES string of the molecule is CCC(CC)C(=O)N1CCN(c2c(C)cccc2C(C)C)CC1. The van der Waals surface area contributed by atoms with E-state index in [1.165, 1.54) is 16.8 Å². The van der Waals surface area contributed by atoms with Gasteiger partial charge in [-0.15, -0.1) is 0 Å². The number of nitrogens with zero attached hydrogens (tertiary/aromatic N) is 2. The summed E-state index contributed by atoms with van der Waals surface area (Å²) in [7, 11) is 0. The minimum Gasteiger partial charge on any atom is -0.368 e. The molecule has 0 saturated carbocycles. The third-order valence-electron chi connectivity index (χ3n) is 5.13. The van der Waals surface area contributed by atoms with E-state index in [9.17, 15) is 4.79 Å². The zero-order valence-electron chi connectivity index (χ0n) is 15.4. The molecule has 23 heavy (non-hydrogen) atoms. The molecule has 1 saturated heterocycles. The zero-order chi connectivity index (χ0) is 17.0. The lowest BCUT2D eigenvalue weighted by molar-refractivity contribution is -0.136. The molecular weight excluding hydrogens is 284 g/mol. The second-order valence-electron chi connectivity index (χ2n) is 6.99. The highest BCUT2D eigenvalue weighted by Gasteiger charge is 2.27. The second-order valence-corrected chi connectivity index (χ2v) is 6.99. The molecule has 0 spiro atoms. The number of amides is 1. The maximum atomic E-state index is 12.6. The van der Waals surface area contributed by atoms with Crippen molar-refractivity contribution in [2.24, 2.45) is 5.92 Å². The summed E-state index contributed by atoms with van der Waals surface area (Å²) in [4.78, 5) is 17.1. The van der Waals surface area contributed by atoms with Gasteiger partial charge in [-0.3, -0.25) is 4.79 Å². The Balaban J connectivity index is 2.10. The average Bonchev–Trinajstić information content (AvgIpc) is 2.55. The van der Waals surface area contributed by atoms with Crippen molar-refractivity contribution in [3.05, 3.63) is 29.3 Å². The summed E-state index contributed by atoms with van der Waals surface area (Å²) in [6.07, 6.45) is 1.90. The molecule has 0 aliphatic carbocycles. The van der Waals surface area contributed by atoms with Gasteiger partial charge in [0.25, 0.3) is 0 Å². The van der Waals surface area contributed by atoms with Crippen LogP contribution in [0.25, 0.3) is 0 Å². The Labute approximate surface area is 141 Å². The number of hydrogen-bond acceptors (Lipinski definition) is 2. The van der Waals surface area contributed by atoms with E-state index in [0.29, 0.717) is 11.8 Å². The van der Waals surface area contributed by atoms with Crippen LogP contribution in [0.1, 0.15) is 57.6 Å². The summed E-state index contributed by atoms with van der Waals surface area (Å²) < 4.78 is 0. The van der Waals surface area contributed by atoms with Gasteiger partial charge in [0.05, 0.1) is 0 Å². The van der Waals surface area contributed by atoms with E-state index in [0.717, 1.165) is 39.0 Å². The number of carbonyl (C=O) groups is 1. The van der Waals surface area contributed by atoms with Crippen LogP contribution in [0.2, 0.25) is 0 Å². The molecule has 0 unspecified atom stereocenters. The largest absolute Gasteiger partial charge is 0.368 e. The van der Waals surface area contributed by atoms with Crippen molar-refractivity contribution in [1.29, 1.82) is 0 Å². The van der Waals surface area contributed by atoms with Crippen molar-refractivity contribution in [2.45, 2.75) is 53.4 Å². The van der Waals surface area contributed by atoms with Crippen LogP contribution >= 0.6 is 0 Å². The Kier molecular flexibility index (Phi) is 6.09. The van der Waals surface area contributed by atoms with Gasteiger partial charge in [0.15, 0.2) is 0 Å². The summed E-state index contributed by atoms with van der Waals surface area (Å²) in [6, 6.07) is 6.60. The minimum atomic E-state index is 0.200. The third-order valence-corrected chi connectivity index (χ3v) is 5.13. The van der Waals surface area contributed by atoms with E-state index in [-0.39, 0.29) is 5.92 Å². The minimum absolute atomic E-state index is 0.200. The first-order valence-electron chi connectivity index (χ1n) is 9.12. The number of rotatable bonds is 5. The Morgan fingerprint density at radius 1 is 1.09 bits per heavy atom. The molecule has 128 valence electrons. The molecule has 1 aliphatic rings. The summed E-state index contributed by atoms with van der Waals surface area (Å²) in [5.41, 5.74) is 4.15. The van der Waals surface area contributed by atoms with Crippen LogP contribution in [-0.2, 0) is 4.79 Å². The van der Waals surface area contributed by atoms with Crippen molar-refractivity contribution >= 4 is 11.6 Å². The maximum Gasteiger partial charge on any atom is 0.225 e. The summed E-state index contributed by atoms with van der Waals surface area (Å²) in [6.45, 7) is 14.5. The molecule has 1 aromatic rings. The summed E-state index contributed by atoms with van der Waals surface area (Å²) in [5, 5.41) is 0. The molecule has 0 N–H and O–H groups in total. The van der Waals surface area contributed by atoms with Crippen molar-refractivity contribution in [3.63, 3.8) is 0 Å². The summed E-state index contributed by atoms with van der Waals surface area (Å²) >= 11 is 0. The number of anilines is 1. The quantitative estimate of drug-likeness (QED) is 0.812. The lowest BCUT2D eigenvalue weighted by Gasteiger charge is -2.39. The summed E-state index contributed by atoms with van der Waals surface area (Å²) in [5.74, 6) is 1.07. The Bertz CT molecular complexity index is 526. The monoisotopic (exact) mass is 316 g/mol. The van der Waals surface area contributed by atoms with Gasteiger partial charge in [-0.1, -0.05) is 45.9 Å². The van der Waals surface area contributed by atoms with Gasteiger partial charge in [-0.25, -0.2) is 0 Å². The van der Waals surface area contributed by atoms with Gasteiger partial charge in [0.2, 0.25) is 5.91 Å². The predicted molar refractivity (Wildman–Crippen MR) is 98.1 cm³/mol. The van der Waals surface area contributed by atoms with Crippen molar-refractivity contribution < 1.29 is 4.79 Å². The highest BCUT2D eigenvalue weighted by Crippen LogP contribution is 2.31. The van der Waals surface area contributed by atoms with Crippen molar-refractivity contribution in [3.8, 4) is 0 Å². The highest BCUT2D eigenvalue weighted by molar-refractivity contribution is 5.79. The highest BCUT2D eigenvalue weighted by atomic mass is 16.2. The molecule has 2 rings (SSSR count). The van der Waals surface area contributed by atoms with Crippen LogP contribution in [0.15, 0.2) is 18.2 Å². The number of para-hydroxylation sites is 1. The molecule has 0 bridgehead atoms. The molecule has 0 atom stereocenters. The maximum absolute atomic E-state index is 12.6. The molecule has 0 aromatic heterocycles. The third kappa shape index (κ3) is 3.88. The van der Waals surface area contributed by atoms with E-state index < -0.39 is 0 Å². The first-order chi connectivity index (χ1) is 11.0. The molecule has 3 nitrogen and oxygen atoms in total. The topological polar surface area (TPSA) is 23.6 Å². The van der Waals surface area contributed by atoms with Crippen LogP contribution in [0.5, 0.6) is 0 Å². The van der Waals surface area contributed by atoms with Gasteiger partial charge in [0, 0.05) is 37.8 Å². The van der Waals surface area contributed by atoms with E-state index in [2.05, 4.69) is 62.6 Å². The van der Waals surface area contributed by atoms with Crippen LogP contribution in [-0.4, -0.2) is 37.0 Å². The average molecular weight is 316 g/mol. The normalized spacial score (nSPS) is 15.6. The Morgan fingerprint density at radius 3 is 2.22 bits per heavy atom. The molecule has 1 fully saturated rings. The molecule has 1 heterocycles. The molecule has 1 aromatic carbocycles. The number of aryl methyl sites for hydroxylation is 1. The van der Waals surface area contributed by atoms with Crippen LogP contribution in [0.4, 0.5) is 5.69 Å². The molecule has 1 aliphatic heterocycles. The van der Waals surface area contributed by atoms with E-state index in [1.807, 2.05) is 0 Å². The van der Waals surface area contributed by atoms with Crippen molar-refractivity contribution in [2.75, 3.05) is 31.1 Å². The predicted octanol–water partition coefficient (Wildman–Crippen LogP) is 4.20. The first kappa shape index (κ1) is 17.8. The second kappa shape index (κ2) is 7.85. The smallest absolute Gasteiger partial charge is 0.225 e. The van der Waals surface area contributed by atoms with E-state index >= 15 is 0 Å². The fourth-order valence-corrected chi connectivity index (χ4v) is 3.63. The standard InChI is InChI=1S/C20H32N2O/c1-6-17(7-2)20(23)22-13-11-21(12-14-22)19-16(5)9-8-10-18(19)15(3)4/h8-10,15,17H,6-7,11-14H2,1-5H3. The Morgan fingerprint density at radius 2 is 1.70 bits per heavy atom. The van der Waals surface area contributed by atoms with Crippen LogP contribution in [0.3, 0.4) is 0 Å². The molecule has 0 radical (unpaired) electrons. The molecule has 3 heteroatoms. The lowest BCUT2D eigenvalue weighted by Crippen LogP contribution is -2.50. The van der Waals surface area contributed by atoms with Crippen molar-refractivity contribution in [1.82, 2.24) is 4.90 Å². The van der Waals surface area contributed by atoms with Gasteiger partial charge >= 0.3 is 0 Å². The number of carbonyl (C=O) groups excluding carboxylic acids is 1. The first-order valence-corrected chi connectivity index (χ1v) is 9.12. The zero-order valence-corrected chi connectivity index (χ0v) is 15.4. The lowest BCUT2D eigenvalue weighted by atomic mass is 9.96. The number of hydrogen-bond donors (Lipinski definition) is 0. The number of piperazine rings is 1. The van der Waals surface area contributed by atoms with Gasteiger partial charge < -0.3 is 9.80 Å². The van der Waals surface area contributed by atoms with Gasteiger partial charge in [0.1, 0.15) is 0 Å². The molecule has 1 amide bonds.